The van der Waals surface area contributed by atoms with Crippen molar-refractivity contribution in [2.45, 2.75) is 45.1 Å². The second-order valence-electron chi connectivity index (χ2n) is 9.91. The van der Waals surface area contributed by atoms with Gasteiger partial charge in [0.2, 0.25) is 5.91 Å². The molecule has 3 rings (SSSR count). The summed E-state index contributed by atoms with van der Waals surface area (Å²) < 4.78 is 42.8. The van der Waals surface area contributed by atoms with Gasteiger partial charge >= 0.3 is 0 Å². The summed E-state index contributed by atoms with van der Waals surface area (Å²) in [4.78, 5) is 45.1. The molecule has 0 saturated carbocycles. The van der Waals surface area contributed by atoms with Crippen LogP contribution in [0.1, 0.15) is 49.2 Å². The number of pyridine rings is 2. The number of H-pyrrole nitrogens is 1. The lowest BCUT2D eigenvalue weighted by molar-refractivity contribution is -0.118. The van der Waals surface area contributed by atoms with Crippen molar-refractivity contribution in [3.05, 3.63) is 69.4 Å². The van der Waals surface area contributed by atoms with E-state index < -0.39 is 41.9 Å². The first-order chi connectivity index (χ1) is 19.3. The summed E-state index contributed by atoms with van der Waals surface area (Å²) in [5, 5.41) is 2.94. The number of ether oxygens (including phenoxy) is 3. The molecule has 1 atom stereocenters. The van der Waals surface area contributed by atoms with Gasteiger partial charge in [0.15, 0.2) is 0 Å². The van der Waals surface area contributed by atoms with Gasteiger partial charge in [-0.3, -0.25) is 14.4 Å². The predicted molar refractivity (Wildman–Crippen MR) is 150 cm³/mol. The Morgan fingerprint density at radius 1 is 1.17 bits per heavy atom. The normalized spacial score (nSPS) is 12.2. The van der Waals surface area contributed by atoms with E-state index in [2.05, 4.69) is 15.3 Å². The van der Waals surface area contributed by atoms with Crippen molar-refractivity contribution in [1.29, 1.82) is 0 Å². The first-order valence-electron chi connectivity index (χ1n) is 12.5. The molecule has 0 aliphatic carbocycles. The van der Waals surface area contributed by atoms with Crippen LogP contribution < -0.4 is 26.1 Å². The van der Waals surface area contributed by atoms with Crippen LogP contribution in [0.4, 0.5) is 14.5 Å². The van der Waals surface area contributed by atoms with Crippen molar-refractivity contribution in [3.8, 4) is 22.6 Å². The van der Waals surface area contributed by atoms with Crippen LogP contribution in [0.25, 0.3) is 11.1 Å². The smallest absolute Gasteiger partial charge is 0.272 e. The largest absolute Gasteiger partial charge is 0.495 e. The number of halogens is 3. The van der Waals surface area contributed by atoms with E-state index in [1.807, 2.05) is 20.8 Å². The van der Waals surface area contributed by atoms with Crippen molar-refractivity contribution in [3.63, 3.8) is 0 Å². The number of nitrogens with zero attached hydrogens (tertiary/aromatic N) is 1. The number of aromatic nitrogens is 2. The number of rotatable bonds is 12. The lowest BCUT2D eigenvalue weighted by atomic mass is 9.88. The number of hydrogen-bond acceptors (Lipinski definition) is 7. The van der Waals surface area contributed by atoms with Crippen LogP contribution in [-0.2, 0) is 9.53 Å². The highest BCUT2D eigenvalue weighted by Crippen LogP contribution is 2.42. The van der Waals surface area contributed by atoms with E-state index in [1.54, 1.807) is 0 Å². The molecule has 2 amide bonds. The monoisotopic (exact) mass is 592 g/mol. The van der Waals surface area contributed by atoms with Crippen molar-refractivity contribution in [2.75, 3.05) is 25.6 Å². The number of nitrogens with two attached hydrogens (primary N) is 1. The Bertz CT molecular complexity index is 1440. The van der Waals surface area contributed by atoms with Crippen molar-refractivity contribution < 1.29 is 32.6 Å². The molecule has 0 radical (unpaired) electrons. The number of alkyl halides is 2. The number of anilines is 1. The molecule has 0 saturated heterocycles. The van der Waals surface area contributed by atoms with E-state index in [0.29, 0.717) is 0 Å². The average molecular weight is 593 g/mol. The van der Waals surface area contributed by atoms with Gasteiger partial charge < -0.3 is 30.2 Å². The number of benzene rings is 1. The molecular formula is C28H31ClF2N4O6. The van der Waals surface area contributed by atoms with Gasteiger partial charge in [0.1, 0.15) is 23.8 Å². The molecule has 4 N–H and O–H groups in total. The van der Waals surface area contributed by atoms with Crippen molar-refractivity contribution in [1.82, 2.24) is 9.97 Å². The molecule has 10 nitrogen and oxygen atoms in total. The minimum atomic E-state index is -2.76. The molecule has 0 aliphatic heterocycles. The Labute approximate surface area is 240 Å². The van der Waals surface area contributed by atoms with Gasteiger partial charge in [-0.15, -0.1) is 0 Å². The topological polar surface area (TPSA) is 146 Å². The summed E-state index contributed by atoms with van der Waals surface area (Å²) in [7, 11) is 1.36. The maximum absolute atomic E-state index is 13.8. The van der Waals surface area contributed by atoms with Gasteiger partial charge in [-0.25, -0.2) is 13.8 Å². The number of nitrogens with one attached hydrogen (secondary N) is 2. The minimum Gasteiger partial charge on any atom is -0.495 e. The molecule has 41 heavy (non-hydrogen) atoms. The highest BCUT2D eigenvalue weighted by Gasteiger charge is 2.31. The summed E-state index contributed by atoms with van der Waals surface area (Å²) in [6.07, 6.45) is -0.161. The minimum absolute atomic E-state index is 0.00179. The molecule has 13 heteroatoms. The fraction of sp³-hybridized carbons (Fsp3) is 0.357. The van der Waals surface area contributed by atoms with E-state index >= 15 is 0 Å². The molecule has 2 aromatic heterocycles. The van der Waals surface area contributed by atoms with Gasteiger partial charge in [-0.1, -0.05) is 11.6 Å². The second kappa shape index (κ2) is 13.6. The van der Waals surface area contributed by atoms with Gasteiger partial charge in [0, 0.05) is 34.5 Å². The maximum Gasteiger partial charge on any atom is 0.272 e. The number of aromatic amines is 1. The Hall–Kier alpha value is -4.03. The Balaban J connectivity index is 2.17. The Morgan fingerprint density at radius 2 is 1.90 bits per heavy atom. The van der Waals surface area contributed by atoms with Gasteiger partial charge in [0.25, 0.3) is 17.9 Å². The molecular weight excluding hydrogens is 562 g/mol. The summed E-state index contributed by atoms with van der Waals surface area (Å²) in [6.45, 7) is 4.71. The fourth-order valence-electron chi connectivity index (χ4n) is 4.01. The summed E-state index contributed by atoms with van der Waals surface area (Å²) >= 11 is 6.27. The quantitative estimate of drug-likeness (QED) is 0.275. The third kappa shape index (κ3) is 8.48. The van der Waals surface area contributed by atoms with Crippen LogP contribution in [0.3, 0.4) is 0 Å². The van der Waals surface area contributed by atoms with Gasteiger partial charge in [0.05, 0.1) is 30.5 Å². The predicted octanol–water partition coefficient (Wildman–Crippen LogP) is 4.77. The van der Waals surface area contributed by atoms with Crippen LogP contribution in [0.15, 0.2) is 47.5 Å². The van der Waals surface area contributed by atoms with E-state index in [9.17, 15) is 23.2 Å². The second-order valence-corrected chi connectivity index (χ2v) is 10.3. The lowest BCUT2D eigenvalue weighted by Gasteiger charge is -2.24. The molecule has 2 heterocycles. The number of amides is 2. The molecule has 0 spiro atoms. The van der Waals surface area contributed by atoms with Crippen molar-refractivity contribution in [2.24, 2.45) is 5.73 Å². The van der Waals surface area contributed by atoms with Crippen LogP contribution in [0.5, 0.6) is 11.5 Å². The third-order valence-corrected chi connectivity index (χ3v) is 6.02. The average Bonchev–Trinajstić information content (AvgIpc) is 2.90. The van der Waals surface area contributed by atoms with E-state index in [1.165, 1.54) is 49.8 Å². The van der Waals surface area contributed by atoms with Gasteiger partial charge in [-0.2, -0.15) is 0 Å². The maximum atomic E-state index is 13.8. The summed E-state index contributed by atoms with van der Waals surface area (Å²) in [6, 6.07) is 7.08. The van der Waals surface area contributed by atoms with E-state index in [4.69, 9.17) is 31.5 Å². The molecule has 0 fully saturated rings. The number of carbonyl (C=O) groups excluding carboxylic acids is 2. The molecule has 220 valence electrons. The molecule has 1 aromatic carbocycles. The third-order valence-electron chi connectivity index (χ3n) is 5.78. The van der Waals surface area contributed by atoms with Crippen LogP contribution in [0, 0.1) is 0 Å². The molecule has 1 unspecified atom stereocenters. The highest BCUT2D eigenvalue weighted by atomic mass is 35.5. The molecule has 0 bridgehead atoms. The van der Waals surface area contributed by atoms with Crippen LogP contribution in [0.2, 0.25) is 5.02 Å². The molecule has 0 aliphatic rings. The summed E-state index contributed by atoms with van der Waals surface area (Å²) in [5.41, 5.74) is 4.62. The first kappa shape index (κ1) is 31.5. The number of carbonyl (C=O) groups is 2. The van der Waals surface area contributed by atoms with E-state index in [-0.39, 0.29) is 57.6 Å². The number of primary amides is 1. The fourth-order valence-corrected chi connectivity index (χ4v) is 4.18. The van der Waals surface area contributed by atoms with Crippen molar-refractivity contribution >= 4 is 29.1 Å². The highest BCUT2D eigenvalue weighted by molar-refractivity contribution is 6.31. The Kier molecular flexibility index (Phi) is 10.4. The zero-order valence-electron chi connectivity index (χ0n) is 22.9. The zero-order chi connectivity index (χ0) is 30.3. The van der Waals surface area contributed by atoms with E-state index in [0.717, 1.165) is 0 Å². The lowest BCUT2D eigenvalue weighted by Crippen LogP contribution is -2.30. The van der Waals surface area contributed by atoms with Gasteiger partial charge in [-0.05, 0) is 57.5 Å². The standard InChI is InChI=1S/C28H31ClF2N4O6/c1-28(2,3)41-10-9-17(26(37)35-16-6-7-19(25(32)36)33-12-16)24-23(21(39-4)13-34-27(24)38)18-11-15(29)5-8-20(18)40-14-22(30)31/h5-8,11-13,17,22H,9-10,14H2,1-4H3,(H2,32,36)(H,34,38)(H,35,37). The first-order valence-corrected chi connectivity index (χ1v) is 12.9. The number of hydrogen-bond donors (Lipinski definition) is 3. The Morgan fingerprint density at radius 3 is 2.49 bits per heavy atom. The number of methoxy groups -OCH3 is 1. The zero-order valence-corrected chi connectivity index (χ0v) is 23.7. The van der Waals surface area contributed by atoms with Crippen LogP contribution >= 0.6 is 11.6 Å². The molecule has 3 aromatic rings. The van der Waals surface area contributed by atoms with Crippen LogP contribution in [-0.4, -0.2) is 54.1 Å². The summed E-state index contributed by atoms with van der Waals surface area (Å²) in [5.74, 6) is -2.32. The SMILES string of the molecule is COc1c[nH]c(=O)c(C(CCOC(C)(C)C)C(=O)Nc2ccc(C(N)=O)nc2)c1-c1cc(Cl)ccc1OCC(F)F.